The van der Waals surface area contributed by atoms with Crippen molar-refractivity contribution < 1.29 is 18.7 Å². The van der Waals surface area contributed by atoms with E-state index in [0.29, 0.717) is 18.1 Å². The molecule has 0 bridgehead atoms. The number of rotatable bonds is 1. The molecule has 1 saturated heterocycles. The van der Waals surface area contributed by atoms with Gasteiger partial charge in [0.15, 0.2) is 0 Å². The number of esters is 1. The summed E-state index contributed by atoms with van der Waals surface area (Å²) in [6.07, 6.45) is 6.37. The summed E-state index contributed by atoms with van der Waals surface area (Å²) in [6.45, 7) is 8.78. The lowest BCUT2D eigenvalue weighted by Gasteiger charge is -2.61. The van der Waals surface area contributed by atoms with E-state index >= 15 is 0 Å². The molecule has 1 unspecified atom stereocenters. The van der Waals surface area contributed by atoms with Gasteiger partial charge in [0.1, 0.15) is 11.9 Å². The van der Waals surface area contributed by atoms with Crippen molar-refractivity contribution in [2.45, 2.75) is 59.5 Å². The molecule has 2 aliphatic carbocycles. The molecule has 136 valence electrons. The van der Waals surface area contributed by atoms with Crippen molar-refractivity contribution in [3.05, 3.63) is 24.2 Å². The summed E-state index contributed by atoms with van der Waals surface area (Å²) in [7, 11) is 0. The fourth-order valence-electron chi connectivity index (χ4n) is 6.22. The van der Waals surface area contributed by atoms with Crippen molar-refractivity contribution in [3.63, 3.8) is 0 Å². The molecule has 4 nitrogen and oxygen atoms in total. The first-order valence-electron chi connectivity index (χ1n) is 9.53. The molecule has 1 aliphatic heterocycles. The van der Waals surface area contributed by atoms with Crippen molar-refractivity contribution in [1.29, 1.82) is 0 Å². The molecule has 0 amide bonds. The third kappa shape index (κ3) is 2.25. The van der Waals surface area contributed by atoms with Gasteiger partial charge in [0.05, 0.1) is 18.4 Å². The lowest BCUT2D eigenvalue weighted by atomic mass is 9.42. The monoisotopic (exact) mass is 344 g/mol. The van der Waals surface area contributed by atoms with E-state index in [1.807, 2.05) is 6.07 Å². The first-order chi connectivity index (χ1) is 11.8. The van der Waals surface area contributed by atoms with Gasteiger partial charge in [-0.3, -0.25) is 9.59 Å². The number of furan rings is 1. The molecule has 0 spiro atoms. The lowest BCUT2D eigenvalue weighted by Crippen LogP contribution is -2.61. The smallest absolute Gasteiger partial charge is 0.310 e. The van der Waals surface area contributed by atoms with Crippen LogP contribution in [0.15, 0.2) is 23.0 Å². The Hall–Kier alpha value is -1.58. The highest BCUT2D eigenvalue weighted by Gasteiger charge is 2.64. The predicted octanol–water partition coefficient (Wildman–Crippen LogP) is 4.55. The zero-order valence-electron chi connectivity index (χ0n) is 15.6. The standard InChI is InChI=1S/C21H28O4/c1-12-9-13(2)20(3)7-5-15-19(23)25-16(14-6-8-24-11-14)10-21(15,4)18(20)17(12)22/h6,8,11-13,15-16,18H,5,7,9-10H2,1-4H3/t12-,13-,15-,16+,18?,20+,21+/m1/s1. The molecule has 2 saturated carbocycles. The quantitative estimate of drug-likeness (QED) is 0.701. The number of hydrogen-bond donors (Lipinski definition) is 0. The Morgan fingerprint density at radius 1 is 1.16 bits per heavy atom. The lowest BCUT2D eigenvalue weighted by molar-refractivity contribution is -0.201. The van der Waals surface area contributed by atoms with Gasteiger partial charge in [-0.1, -0.05) is 27.7 Å². The van der Waals surface area contributed by atoms with Gasteiger partial charge in [0.2, 0.25) is 0 Å². The van der Waals surface area contributed by atoms with Gasteiger partial charge in [-0.15, -0.1) is 0 Å². The summed E-state index contributed by atoms with van der Waals surface area (Å²) in [5.74, 6) is 0.548. The largest absolute Gasteiger partial charge is 0.472 e. The van der Waals surface area contributed by atoms with Gasteiger partial charge < -0.3 is 9.15 Å². The molecule has 3 fully saturated rings. The van der Waals surface area contributed by atoms with Gasteiger partial charge >= 0.3 is 5.97 Å². The van der Waals surface area contributed by atoms with Crippen molar-refractivity contribution in [2.24, 2.45) is 34.5 Å². The van der Waals surface area contributed by atoms with E-state index in [1.54, 1.807) is 12.5 Å². The van der Waals surface area contributed by atoms with Crippen molar-refractivity contribution >= 4 is 11.8 Å². The molecule has 0 radical (unpaired) electrons. The molecule has 0 aromatic carbocycles. The minimum Gasteiger partial charge on any atom is -0.472 e. The zero-order valence-corrected chi connectivity index (χ0v) is 15.6. The zero-order chi connectivity index (χ0) is 18.0. The number of fused-ring (bicyclic) bond motifs is 3. The highest BCUT2D eigenvalue weighted by atomic mass is 16.5. The third-order valence-corrected chi connectivity index (χ3v) is 7.77. The summed E-state index contributed by atoms with van der Waals surface area (Å²) in [4.78, 5) is 26.1. The molecule has 1 aromatic rings. The Bertz CT molecular complexity index is 693. The first kappa shape index (κ1) is 16.9. The predicted molar refractivity (Wildman–Crippen MR) is 92.5 cm³/mol. The Morgan fingerprint density at radius 3 is 2.60 bits per heavy atom. The highest BCUT2D eigenvalue weighted by Crippen LogP contribution is 2.65. The van der Waals surface area contributed by atoms with E-state index in [1.165, 1.54) is 0 Å². The molecule has 2 heterocycles. The number of ketones is 1. The number of hydrogen-bond acceptors (Lipinski definition) is 4. The average Bonchev–Trinajstić information content (AvgIpc) is 3.06. The summed E-state index contributed by atoms with van der Waals surface area (Å²) in [5, 5.41) is 0. The summed E-state index contributed by atoms with van der Waals surface area (Å²) in [6, 6.07) is 1.86. The second-order valence-electron chi connectivity index (χ2n) is 9.16. The molecular weight excluding hydrogens is 316 g/mol. The summed E-state index contributed by atoms with van der Waals surface area (Å²) >= 11 is 0. The number of Topliss-reactive ketones (excluding diaryl/α,β-unsaturated/α-hetero) is 1. The molecule has 4 heteroatoms. The van der Waals surface area contributed by atoms with Crippen LogP contribution in [-0.2, 0) is 14.3 Å². The van der Waals surface area contributed by atoms with Gasteiger partial charge in [0.25, 0.3) is 0 Å². The molecule has 0 N–H and O–H groups in total. The Morgan fingerprint density at radius 2 is 1.92 bits per heavy atom. The summed E-state index contributed by atoms with van der Waals surface area (Å²) < 4.78 is 11.0. The van der Waals surface area contributed by atoms with Gasteiger partial charge in [0, 0.05) is 17.4 Å². The van der Waals surface area contributed by atoms with E-state index < -0.39 is 0 Å². The van der Waals surface area contributed by atoms with Crippen LogP contribution in [0.4, 0.5) is 0 Å². The first-order valence-corrected chi connectivity index (χ1v) is 9.53. The molecule has 4 rings (SSSR count). The van der Waals surface area contributed by atoms with E-state index in [2.05, 4.69) is 27.7 Å². The van der Waals surface area contributed by atoms with Crippen molar-refractivity contribution in [1.82, 2.24) is 0 Å². The van der Waals surface area contributed by atoms with Gasteiger partial charge in [-0.05, 0) is 48.5 Å². The molecule has 7 atom stereocenters. The van der Waals surface area contributed by atoms with E-state index in [4.69, 9.17) is 9.15 Å². The minimum absolute atomic E-state index is 0.0204. The van der Waals surface area contributed by atoms with Crippen LogP contribution < -0.4 is 0 Å². The van der Waals surface area contributed by atoms with Crippen LogP contribution in [0.1, 0.15) is 65.0 Å². The van der Waals surface area contributed by atoms with Crippen LogP contribution in [0.3, 0.4) is 0 Å². The number of ether oxygens (including phenoxy) is 1. The Labute approximate surface area is 149 Å². The molecule has 3 aliphatic rings. The average molecular weight is 344 g/mol. The van der Waals surface area contributed by atoms with Crippen LogP contribution in [0, 0.1) is 34.5 Å². The van der Waals surface area contributed by atoms with E-state index in [-0.39, 0.29) is 40.7 Å². The minimum atomic E-state index is -0.343. The second kappa shape index (κ2) is 5.46. The Balaban J connectivity index is 1.78. The fourth-order valence-corrected chi connectivity index (χ4v) is 6.22. The Kier molecular flexibility index (Phi) is 3.68. The van der Waals surface area contributed by atoms with Crippen LogP contribution in [0.5, 0.6) is 0 Å². The van der Waals surface area contributed by atoms with Crippen LogP contribution in [0.25, 0.3) is 0 Å². The van der Waals surface area contributed by atoms with Crippen molar-refractivity contribution in [2.75, 3.05) is 0 Å². The van der Waals surface area contributed by atoms with Gasteiger partial charge in [-0.25, -0.2) is 0 Å². The molecule has 1 aromatic heterocycles. The normalized spacial score (nSPS) is 47.0. The van der Waals surface area contributed by atoms with Crippen LogP contribution >= 0.6 is 0 Å². The second-order valence-corrected chi connectivity index (χ2v) is 9.16. The van der Waals surface area contributed by atoms with Gasteiger partial charge in [-0.2, -0.15) is 0 Å². The maximum absolute atomic E-state index is 13.3. The van der Waals surface area contributed by atoms with E-state index in [9.17, 15) is 9.59 Å². The highest BCUT2D eigenvalue weighted by molar-refractivity contribution is 5.87. The fraction of sp³-hybridized carbons (Fsp3) is 0.714. The van der Waals surface area contributed by atoms with Crippen LogP contribution in [-0.4, -0.2) is 11.8 Å². The number of carbonyl (C=O) groups excluding carboxylic acids is 2. The van der Waals surface area contributed by atoms with Crippen LogP contribution in [0.2, 0.25) is 0 Å². The third-order valence-electron chi connectivity index (χ3n) is 7.77. The SMILES string of the molecule is C[C@@H]1C[C@@H](C)[C@]2(C)CC[C@@H]3C(=O)O[C@H](c4ccoc4)C[C@]3(C)C2C1=O. The number of cyclic esters (lactones) is 1. The van der Waals surface area contributed by atoms with Crippen molar-refractivity contribution in [3.8, 4) is 0 Å². The topological polar surface area (TPSA) is 56.5 Å². The summed E-state index contributed by atoms with van der Waals surface area (Å²) in [5.41, 5.74) is 0.530. The maximum atomic E-state index is 13.3. The molecule has 25 heavy (non-hydrogen) atoms. The van der Waals surface area contributed by atoms with E-state index in [0.717, 1.165) is 24.8 Å². The molecular formula is C21H28O4. The maximum Gasteiger partial charge on any atom is 0.310 e. The number of carbonyl (C=O) groups is 2.